The van der Waals surface area contributed by atoms with E-state index in [1.165, 1.54) is 4.90 Å². The summed E-state index contributed by atoms with van der Waals surface area (Å²) in [6.45, 7) is 2.40. The largest absolute Gasteiger partial charge is 0.480 e. The maximum absolute atomic E-state index is 12.0. The van der Waals surface area contributed by atoms with Crippen LogP contribution in [0, 0.1) is 6.92 Å². The van der Waals surface area contributed by atoms with Crippen molar-refractivity contribution in [1.29, 1.82) is 0 Å². The molecule has 1 fully saturated rings. The van der Waals surface area contributed by atoms with E-state index in [0.29, 0.717) is 18.1 Å². The number of carboxylic acids is 1. The average Bonchev–Trinajstić information content (AvgIpc) is 2.74. The maximum Gasteiger partial charge on any atom is 0.328 e. The molecule has 1 N–H and O–H groups in total. The molecule has 1 aliphatic rings. The fourth-order valence-corrected chi connectivity index (χ4v) is 1.86. The fraction of sp³-hybridized carbons (Fsp3) is 0.545. The highest BCUT2D eigenvalue weighted by Crippen LogP contribution is 2.11. The van der Waals surface area contributed by atoms with Crippen LogP contribution in [0.2, 0.25) is 0 Å². The van der Waals surface area contributed by atoms with Crippen molar-refractivity contribution in [3.05, 3.63) is 17.5 Å². The van der Waals surface area contributed by atoms with Crippen molar-refractivity contribution in [3.8, 4) is 0 Å². The average molecular weight is 254 g/mol. The summed E-state index contributed by atoms with van der Waals surface area (Å²) in [4.78, 5) is 24.4. The molecule has 2 rings (SSSR count). The monoisotopic (exact) mass is 254 g/mol. The van der Waals surface area contributed by atoms with Crippen LogP contribution in [0.25, 0.3) is 0 Å². The van der Waals surface area contributed by atoms with E-state index in [-0.39, 0.29) is 25.5 Å². The molecule has 0 radical (unpaired) electrons. The summed E-state index contributed by atoms with van der Waals surface area (Å²) in [6, 6.07) is 0.743. The van der Waals surface area contributed by atoms with Crippen LogP contribution in [0.1, 0.15) is 11.5 Å². The third-order valence-corrected chi connectivity index (χ3v) is 2.74. The molecule has 18 heavy (non-hydrogen) atoms. The molecule has 7 nitrogen and oxygen atoms in total. The Kier molecular flexibility index (Phi) is 3.61. The zero-order valence-corrected chi connectivity index (χ0v) is 9.96. The molecule has 7 heteroatoms. The Hall–Kier alpha value is -1.89. The van der Waals surface area contributed by atoms with Gasteiger partial charge in [0.15, 0.2) is 6.04 Å². The van der Waals surface area contributed by atoms with Gasteiger partial charge in [-0.1, -0.05) is 5.16 Å². The second kappa shape index (κ2) is 5.18. The number of aromatic nitrogens is 1. The number of hydrogen-bond donors (Lipinski definition) is 1. The molecule has 1 unspecified atom stereocenters. The lowest BCUT2D eigenvalue weighted by atomic mass is 10.2. The number of aryl methyl sites for hydroxylation is 1. The highest BCUT2D eigenvalue weighted by atomic mass is 16.5. The lowest BCUT2D eigenvalue weighted by molar-refractivity contribution is -0.158. The van der Waals surface area contributed by atoms with E-state index in [0.717, 1.165) is 0 Å². The molecule has 0 aromatic carbocycles. The lowest BCUT2D eigenvalue weighted by Crippen LogP contribution is -2.53. The van der Waals surface area contributed by atoms with E-state index < -0.39 is 12.0 Å². The summed E-state index contributed by atoms with van der Waals surface area (Å²) in [7, 11) is 0. The molecule has 0 bridgehead atoms. The third kappa shape index (κ3) is 2.67. The summed E-state index contributed by atoms with van der Waals surface area (Å²) >= 11 is 0. The Bertz CT molecular complexity index is 456. The first-order valence-electron chi connectivity index (χ1n) is 5.60. The third-order valence-electron chi connectivity index (χ3n) is 2.74. The number of aliphatic carboxylic acids is 1. The van der Waals surface area contributed by atoms with Gasteiger partial charge in [0.25, 0.3) is 0 Å². The van der Waals surface area contributed by atoms with Gasteiger partial charge in [0.1, 0.15) is 5.76 Å². The van der Waals surface area contributed by atoms with Gasteiger partial charge in [-0.05, 0) is 6.92 Å². The number of amides is 1. The zero-order valence-electron chi connectivity index (χ0n) is 9.96. The first-order valence-corrected chi connectivity index (χ1v) is 5.60. The van der Waals surface area contributed by atoms with E-state index in [1.54, 1.807) is 13.0 Å². The standard InChI is InChI=1S/C11H14N2O5/c1-7-4-8(12-18-7)5-10(14)13-2-3-17-6-9(13)11(15)16/h4,9H,2-3,5-6H2,1H3,(H,15,16). The van der Waals surface area contributed by atoms with Gasteiger partial charge in [-0.3, -0.25) is 4.79 Å². The second-order valence-electron chi connectivity index (χ2n) is 4.12. The number of morpholine rings is 1. The molecular formula is C11H14N2O5. The highest BCUT2D eigenvalue weighted by Gasteiger charge is 2.32. The van der Waals surface area contributed by atoms with E-state index in [4.69, 9.17) is 14.4 Å². The van der Waals surface area contributed by atoms with Crippen LogP contribution in [-0.2, 0) is 20.7 Å². The Balaban J connectivity index is 2.04. The van der Waals surface area contributed by atoms with Crippen molar-refractivity contribution >= 4 is 11.9 Å². The lowest BCUT2D eigenvalue weighted by Gasteiger charge is -2.32. The Morgan fingerprint density at radius 1 is 1.61 bits per heavy atom. The SMILES string of the molecule is Cc1cc(CC(=O)N2CCOCC2C(=O)O)no1. The molecule has 1 aromatic heterocycles. The summed E-state index contributed by atoms with van der Waals surface area (Å²) < 4.78 is 9.93. The van der Waals surface area contributed by atoms with Crippen LogP contribution in [-0.4, -0.2) is 52.8 Å². The number of carbonyl (C=O) groups excluding carboxylic acids is 1. The number of ether oxygens (including phenoxy) is 1. The van der Waals surface area contributed by atoms with Crippen molar-refractivity contribution in [3.63, 3.8) is 0 Å². The molecule has 0 aliphatic carbocycles. The van der Waals surface area contributed by atoms with Gasteiger partial charge >= 0.3 is 5.97 Å². The van der Waals surface area contributed by atoms with Crippen LogP contribution in [0.3, 0.4) is 0 Å². The minimum absolute atomic E-state index is 0.0267. The predicted octanol–water partition coefficient (Wildman–Crippen LogP) is -0.162. The zero-order chi connectivity index (χ0) is 13.1. The Morgan fingerprint density at radius 2 is 2.39 bits per heavy atom. The molecule has 98 valence electrons. The van der Waals surface area contributed by atoms with Crippen LogP contribution >= 0.6 is 0 Å². The van der Waals surface area contributed by atoms with Crippen LogP contribution < -0.4 is 0 Å². The molecule has 1 amide bonds. The summed E-state index contributed by atoms with van der Waals surface area (Å²) in [5.74, 6) is -0.715. The van der Waals surface area contributed by atoms with E-state index in [2.05, 4.69) is 5.16 Å². The molecule has 0 spiro atoms. The second-order valence-corrected chi connectivity index (χ2v) is 4.12. The van der Waals surface area contributed by atoms with E-state index >= 15 is 0 Å². The number of rotatable bonds is 3. The number of nitrogens with zero attached hydrogens (tertiary/aromatic N) is 2. The van der Waals surface area contributed by atoms with Gasteiger partial charge in [-0.25, -0.2) is 4.79 Å². The fourth-order valence-electron chi connectivity index (χ4n) is 1.86. The van der Waals surface area contributed by atoms with Crippen molar-refractivity contribution in [1.82, 2.24) is 10.1 Å². The van der Waals surface area contributed by atoms with Gasteiger partial charge in [-0.15, -0.1) is 0 Å². The van der Waals surface area contributed by atoms with Crippen molar-refractivity contribution < 1.29 is 24.0 Å². The van der Waals surface area contributed by atoms with E-state index in [1.807, 2.05) is 0 Å². The molecule has 0 saturated carbocycles. The van der Waals surface area contributed by atoms with Crippen LogP contribution in [0.5, 0.6) is 0 Å². The summed E-state index contributed by atoms with van der Waals surface area (Å²) in [5.41, 5.74) is 0.508. The van der Waals surface area contributed by atoms with Crippen LogP contribution in [0.15, 0.2) is 10.6 Å². The first kappa shape index (κ1) is 12.6. The van der Waals surface area contributed by atoms with Gasteiger partial charge in [0.2, 0.25) is 5.91 Å². The van der Waals surface area contributed by atoms with Gasteiger partial charge < -0.3 is 19.3 Å². The van der Waals surface area contributed by atoms with Crippen molar-refractivity contribution in [2.24, 2.45) is 0 Å². The van der Waals surface area contributed by atoms with Gasteiger partial charge in [0.05, 0.1) is 25.3 Å². The molecular weight excluding hydrogens is 240 g/mol. The molecule has 1 atom stereocenters. The minimum Gasteiger partial charge on any atom is -0.480 e. The summed E-state index contributed by atoms with van der Waals surface area (Å²) in [5, 5.41) is 12.7. The first-order chi connectivity index (χ1) is 8.58. The van der Waals surface area contributed by atoms with E-state index in [9.17, 15) is 9.59 Å². The molecule has 1 aromatic rings. The van der Waals surface area contributed by atoms with Gasteiger partial charge in [-0.2, -0.15) is 0 Å². The topological polar surface area (TPSA) is 92.9 Å². The predicted molar refractivity (Wildman–Crippen MR) is 58.9 cm³/mol. The molecule has 1 aliphatic heterocycles. The quantitative estimate of drug-likeness (QED) is 0.805. The molecule has 2 heterocycles. The number of carbonyl (C=O) groups is 2. The number of carboxylic acid groups (broad SMARTS) is 1. The maximum atomic E-state index is 12.0. The van der Waals surface area contributed by atoms with Crippen LogP contribution in [0.4, 0.5) is 0 Å². The smallest absolute Gasteiger partial charge is 0.328 e. The minimum atomic E-state index is -1.06. The summed E-state index contributed by atoms with van der Waals surface area (Å²) in [6.07, 6.45) is 0.0428. The highest BCUT2D eigenvalue weighted by molar-refractivity contribution is 5.85. The van der Waals surface area contributed by atoms with Crippen molar-refractivity contribution in [2.75, 3.05) is 19.8 Å². The van der Waals surface area contributed by atoms with Gasteiger partial charge in [0, 0.05) is 12.6 Å². The Morgan fingerprint density at radius 3 is 3.00 bits per heavy atom. The van der Waals surface area contributed by atoms with Crippen molar-refractivity contribution in [2.45, 2.75) is 19.4 Å². The number of hydrogen-bond acceptors (Lipinski definition) is 5. The normalized spacial score (nSPS) is 19.8. The Labute approximate surface area is 103 Å². The molecule has 1 saturated heterocycles.